The number of ketones is 1. The molecule has 0 fully saturated rings. The van der Waals surface area contributed by atoms with E-state index in [-0.39, 0.29) is 18.0 Å². The van der Waals surface area contributed by atoms with E-state index in [1.165, 1.54) is 15.4 Å². The van der Waals surface area contributed by atoms with Crippen molar-refractivity contribution in [1.29, 1.82) is 0 Å². The standard InChI is InChI=1S/C18H19N5O4/c1-11-9-16(21(4)19-11)17(24)8-7-14-5-6-15(27-14)10-22-13(3)18(23(25)26)12(2)20-22/h5-9H,10H2,1-4H3/b8-7+. The van der Waals surface area contributed by atoms with Crippen molar-refractivity contribution in [3.63, 3.8) is 0 Å². The number of aromatic nitrogens is 4. The first-order valence-corrected chi connectivity index (χ1v) is 8.26. The fourth-order valence-corrected chi connectivity index (χ4v) is 2.91. The van der Waals surface area contributed by atoms with Crippen LogP contribution in [0.25, 0.3) is 6.08 Å². The van der Waals surface area contributed by atoms with Crippen LogP contribution >= 0.6 is 0 Å². The molecule has 0 saturated heterocycles. The Labute approximate surface area is 155 Å². The van der Waals surface area contributed by atoms with E-state index in [0.717, 1.165) is 5.69 Å². The van der Waals surface area contributed by atoms with Gasteiger partial charge in [0.05, 0.1) is 17.2 Å². The third-order valence-electron chi connectivity index (χ3n) is 4.17. The van der Waals surface area contributed by atoms with Gasteiger partial charge < -0.3 is 4.42 Å². The monoisotopic (exact) mass is 369 g/mol. The fraction of sp³-hybridized carbons (Fsp3) is 0.278. The predicted molar refractivity (Wildman–Crippen MR) is 97.5 cm³/mol. The number of carbonyl (C=O) groups excluding carboxylic acids is 1. The number of furan rings is 1. The number of rotatable bonds is 6. The van der Waals surface area contributed by atoms with Crippen LogP contribution in [0.2, 0.25) is 0 Å². The second-order valence-electron chi connectivity index (χ2n) is 6.23. The van der Waals surface area contributed by atoms with Gasteiger partial charge in [0.1, 0.15) is 28.6 Å². The highest BCUT2D eigenvalue weighted by molar-refractivity contribution is 6.05. The second kappa shape index (κ2) is 7.02. The Morgan fingerprint density at radius 3 is 2.63 bits per heavy atom. The van der Waals surface area contributed by atoms with Gasteiger partial charge in [-0.05, 0) is 51.1 Å². The SMILES string of the molecule is Cc1cc(C(=O)/C=C/c2ccc(Cn3nc(C)c([N+](=O)[O-])c3C)o2)n(C)n1. The van der Waals surface area contributed by atoms with E-state index in [4.69, 9.17) is 4.42 Å². The summed E-state index contributed by atoms with van der Waals surface area (Å²) in [6, 6.07) is 5.20. The molecule has 0 aromatic carbocycles. The Kier molecular flexibility index (Phi) is 4.76. The summed E-state index contributed by atoms with van der Waals surface area (Å²) in [5, 5.41) is 19.4. The van der Waals surface area contributed by atoms with Crippen LogP contribution in [0.5, 0.6) is 0 Å². The highest BCUT2D eigenvalue weighted by atomic mass is 16.6. The lowest BCUT2D eigenvalue weighted by atomic mass is 10.2. The minimum atomic E-state index is -0.434. The van der Waals surface area contributed by atoms with Crippen LogP contribution in [0.4, 0.5) is 5.69 Å². The summed E-state index contributed by atoms with van der Waals surface area (Å²) in [5.41, 5.74) is 2.10. The van der Waals surface area contributed by atoms with Gasteiger partial charge in [0.25, 0.3) is 0 Å². The minimum absolute atomic E-state index is 0.0127. The summed E-state index contributed by atoms with van der Waals surface area (Å²) >= 11 is 0. The van der Waals surface area contributed by atoms with Crippen molar-refractivity contribution in [1.82, 2.24) is 19.6 Å². The van der Waals surface area contributed by atoms with Crippen LogP contribution in [0.1, 0.15) is 39.1 Å². The Hall–Kier alpha value is -3.49. The molecule has 0 aliphatic rings. The molecule has 3 aromatic rings. The van der Waals surface area contributed by atoms with Gasteiger partial charge >= 0.3 is 5.69 Å². The molecular weight excluding hydrogens is 350 g/mol. The minimum Gasteiger partial charge on any atom is -0.460 e. The molecule has 3 rings (SSSR count). The summed E-state index contributed by atoms with van der Waals surface area (Å²) in [5.74, 6) is 0.914. The van der Waals surface area contributed by atoms with E-state index >= 15 is 0 Å². The maximum Gasteiger partial charge on any atom is 0.312 e. The Balaban J connectivity index is 1.74. The Morgan fingerprint density at radius 2 is 2.04 bits per heavy atom. The molecule has 0 bridgehead atoms. The molecule has 0 aliphatic carbocycles. The molecular formula is C18H19N5O4. The van der Waals surface area contributed by atoms with E-state index in [1.807, 2.05) is 6.92 Å². The predicted octanol–water partition coefficient (Wildman–Crippen LogP) is 2.99. The zero-order chi connectivity index (χ0) is 19.7. The zero-order valence-electron chi connectivity index (χ0n) is 15.5. The molecule has 0 spiro atoms. The highest BCUT2D eigenvalue weighted by Crippen LogP contribution is 2.23. The number of nitrogens with zero attached hydrogens (tertiary/aromatic N) is 5. The average Bonchev–Trinajstić information content (AvgIpc) is 3.24. The maximum absolute atomic E-state index is 12.2. The number of allylic oxidation sites excluding steroid dienone is 1. The molecule has 0 aliphatic heterocycles. The van der Waals surface area contributed by atoms with Crippen molar-refractivity contribution in [2.75, 3.05) is 0 Å². The number of aryl methyl sites for hydroxylation is 3. The van der Waals surface area contributed by atoms with Gasteiger partial charge in [-0.3, -0.25) is 24.3 Å². The van der Waals surface area contributed by atoms with E-state index in [9.17, 15) is 14.9 Å². The maximum atomic E-state index is 12.2. The van der Waals surface area contributed by atoms with E-state index in [0.29, 0.717) is 28.6 Å². The van der Waals surface area contributed by atoms with Gasteiger partial charge in [-0.15, -0.1) is 0 Å². The number of nitro groups is 1. The smallest absolute Gasteiger partial charge is 0.312 e. The van der Waals surface area contributed by atoms with E-state index in [1.54, 1.807) is 45.2 Å². The van der Waals surface area contributed by atoms with Crippen molar-refractivity contribution in [2.45, 2.75) is 27.3 Å². The first kappa shape index (κ1) is 18.3. The topological polar surface area (TPSA) is 109 Å². The summed E-state index contributed by atoms with van der Waals surface area (Å²) < 4.78 is 8.75. The van der Waals surface area contributed by atoms with Gasteiger partial charge in [-0.1, -0.05) is 0 Å². The molecule has 9 nitrogen and oxygen atoms in total. The molecule has 3 aromatic heterocycles. The van der Waals surface area contributed by atoms with Crippen LogP contribution in [-0.4, -0.2) is 30.3 Å². The lowest BCUT2D eigenvalue weighted by Crippen LogP contribution is -2.04. The number of hydrogen-bond acceptors (Lipinski definition) is 6. The Bertz CT molecular complexity index is 1050. The summed E-state index contributed by atoms with van der Waals surface area (Å²) in [6.07, 6.45) is 3.00. The normalized spacial score (nSPS) is 11.4. The molecule has 140 valence electrons. The largest absolute Gasteiger partial charge is 0.460 e. The number of hydrogen-bond donors (Lipinski definition) is 0. The van der Waals surface area contributed by atoms with Gasteiger partial charge in [0.2, 0.25) is 5.78 Å². The third kappa shape index (κ3) is 3.71. The summed E-state index contributed by atoms with van der Waals surface area (Å²) in [7, 11) is 1.71. The van der Waals surface area contributed by atoms with E-state index < -0.39 is 4.92 Å². The lowest BCUT2D eigenvalue weighted by Gasteiger charge is -2.00. The highest BCUT2D eigenvalue weighted by Gasteiger charge is 2.22. The van der Waals surface area contributed by atoms with Crippen LogP contribution < -0.4 is 0 Å². The van der Waals surface area contributed by atoms with Crippen LogP contribution in [0.15, 0.2) is 28.7 Å². The van der Waals surface area contributed by atoms with Gasteiger partial charge in [0.15, 0.2) is 0 Å². The quantitative estimate of drug-likeness (QED) is 0.286. The molecule has 0 saturated carbocycles. The molecule has 0 amide bonds. The lowest BCUT2D eigenvalue weighted by molar-refractivity contribution is -0.386. The van der Waals surface area contributed by atoms with Crippen LogP contribution in [0, 0.1) is 30.9 Å². The molecule has 0 N–H and O–H groups in total. The van der Waals surface area contributed by atoms with Gasteiger partial charge in [0, 0.05) is 7.05 Å². The second-order valence-corrected chi connectivity index (χ2v) is 6.23. The molecule has 3 heterocycles. The first-order valence-electron chi connectivity index (χ1n) is 8.26. The fourth-order valence-electron chi connectivity index (χ4n) is 2.91. The average molecular weight is 369 g/mol. The molecule has 9 heteroatoms. The molecule has 27 heavy (non-hydrogen) atoms. The molecule has 0 unspecified atom stereocenters. The molecule has 0 atom stereocenters. The number of carbonyl (C=O) groups is 1. The van der Waals surface area contributed by atoms with Gasteiger partial charge in [-0.25, -0.2) is 0 Å². The van der Waals surface area contributed by atoms with Crippen molar-refractivity contribution in [2.24, 2.45) is 7.05 Å². The Morgan fingerprint density at radius 1 is 1.30 bits per heavy atom. The van der Waals surface area contributed by atoms with Crippen LogP contribution in [0.3, 0.4) is 0 Å². The van der Waals surface area contributed by atoms with Crippen molar-refractivity contribution < 1.29 is 14.1 Å². The van der Waals surface area contributed by atoms with Crippen molar-refractivity contribution in [3.05, 3.63) is 68.7 Å². The van der Waals surface area contributed by atoms with Crippen LogP contribution in [-0.2, 0) is 13.6 Å². The molecule has 0 radical (unpaired) electrons. The van der Waals surface area contributed by atoms with Crippen molar-refractivity contribution >= 4 is 17.5 Å². The van der Waals surface area contributed by atoms with Gasteiger partial charge in [-0.2, -0.15) is 10.2 Å². The summed E-state index contributed by atoms with van der Waals surface area (Å²) in [6.45, 7) is 5.34. The third-order valence-corrected chi connectivity index (χ3v) is 4.17. The zero-order valence-corrected chi connectivity index (χ0v) is 15.5. The van der Waals surface area contributed by atoms with E-state index in [2.05, 4.69) is 10.2 Å². The summed E-state index contributed by atoms with van der Waals surface area (Å²) in [4.78, 5) is 22.9. The van der Waals surface area contributed by atoms with Crippen molar-refractivity contribution in [3.8, 4) is 0 Å². The first-order chi connectivity index (χ1) is 12.8.